The molecule has 2 rings (SSSR count). The first-order chi connectivity index (χ1) is 12.3. The minimum absolute atomic E-state index is 1.04. The van der Waals surface area contributed by atoms with Crippen molar-refractivity contribution in [1.29, 1.82) is 0 Å². The molecule has 1 heterocycles. The van der Waals surface area contributed by atoms with Gasteiger partial charge in [0.2, 0.25) is 0 Å². The summed E-state index contributed by atoms with van der Waals surface area (Å²) in [4.78, 5) is 3.09. The fourth-order valence-electron chi connectivity index (χ4n) is 5.90. The molecule has 148 valence electrons. The molecule has 1 aliphatic heterocycles. The van der Waals surface area contributed by atoms with E-state index in [1.165, 1.54) is 90.1 Å². The number of rotatable bonds is 12. The summed E-state index contributed by atoms with van der Waals surface area (Å²) in [5.41, 5.74) is 0. The fourth-order valence-corrected chi connectivity index (χ4v) is 25.2. The van der Waals surface area contributed by atoms with Crippen molar-refractivity contribution in [2.75, 3.05) is 13.1 Å². The molecule has 1 atom stereocenters. The normalized spacial score (nSPS) is 23.4. The van der Waals surface area contributed by atoms with Crippen LogP contribution in [-0.2, 0) is 0 Å². The second kappa shape index (κ2) is 12.3. The van der Waals surface area contributed by atoms with Gasteiger partial charge in [0.25, 0.3) is 0 Å². The van der Waals surface area contributed by atoms with Crippen molar-refractivity contribution >= 4 is 18.4 Å². The Balaban J connectivity index is 2.09. The summed E-state index contributed by atoms with van der Waals surface area (Å²) in [7, 11) is 0. The number of nitrogens with zero attached hydrogens (tertiary/aromatic N) is 1. The van der Waals surface area contributed by atoms with Crippen LogP contribution in [0.15, 0.2) is 0 Å². The first-order valence-electron chi connectivity index (χ1n) is 12.0. The SMILES string of the molecule is CCC[CH2][Sn]([CH2]CCC)([CH2]CCC)[C@@H]1CCCN1CC1CCCCC1. The summed E-state index contributed by atoms with van der Waals surface area (Å²) < 4.78 is 6.23. The van der Waals surface area contributed by atoms with Crippen molar-refractivity contribution in [2.45, 2.75) is 122 Å². The molecule has 0 unspecified atom stereocenters. The third-order valence-electron chi connectivity index (χ3n) is 7.37. The van der Waals surface area contributed by atoms with Crippen LogP contribution in [0.2, 0.25) is 13.3 Å². The Morgan fingerprint density at radius 3 is 1.80 bits per heavy atom. The van der Waals surface area contributed by atoms with Gasteiger partial charge in [0.15, 0.2) is 0 Å². The molecule has 0 bridgehead atoms. The summed E-state index contributed by atoms with van der Waals surface area (Å²) in [5.74, 6) is 1.04. The predicted molar refractivity (Wildman–Crippen MR) is 116 cm³/mol. The molecule has 0 radical (unpaired) electrons. The van der Waals surface area contributed by atoms with Gasteiger partial charge in [-0.15, -0.1) is 0 Å². The molecular formula is C23H47NSn. The summed E-state index contributed by atoms with van der Waals surface area (Å²) in [6.45, 7) is 10.2. The van der Waals surface area contributed by atoms with E-state index in [0.717, 1.165) is 9.98 Å². The van der Waals surface area contributed by atoms with E-state index in [-0.39, 0.29) is 0 Å². The Kier molecular flexibility index (Phi) is 10.8. The van der Waals surface area contributed by atoms with Crippen molar-refractivity contribution < 1.29 is 0 Å². The molecule has 2 aliphatic rings. The summed E-state index contributed by atoms with van der Waals surface area (Å²) in [5, 5.41) is 0. The van der Waals surface area contributed by atoms with Gasteiger partial charge < -0.3 is 0 Å². The molecule has 25 heavy (non-hydrogen) atoms. The summed E-state index contributed by atoms with van der Waals surface area (Å²) >= 11 is -2.06. The van der Waals surface area contributed by atoms with Crippen LogP contribution in [0, 0.1) is 5.92 Å². The Hall–Kier alpha value is 0.759. The van der Waals surface area contributed by atoms with Crippen LogP contribution >= 0.6 is 0 Å². The summed E-state index contributed by atoms with van der Waals surface area (Å²) in [6, 6.07) is 0. The molecule has 1 nitrogen and oxygen atoms in total. The molecule has 0 amide bonds. The molecule has 0 aromatic carbocycles. The third-order valence-corrected chi connectivity index (χ3v) is 24.8. The Morgan fingerprint density at radius 2 is 1.28 bits per heavy atom. The zero-order valence-electron chi connectivity index (χ0n) is 17.8. The molecule has 0 N–H and O–H groups in total. The standard InChI is InChI=1S/C11H20N.3C4H9.Sn/c1-2-6-11(7-3-1)10-12-8-4-5-9-12;3*1-3-4-2;/h8,11H,1-7,9-10H2;3*1,3-4H2,2H3;. The maximum absolute atomic E-state index is 3.09. The minimum atomic E-state index is -2.06. The topological polar surface area (TPSA) is 3.24 Å². The zero-order valence-corrected chi connectivity index (χ0v) is 20.7. The van der Waals surface area contributed by atoms with Crippen LogP contribution in [0.25, 0.3) is 0 Å². The van der Waals surface area contributed by atoms with Gasteiger partial charge in [-0.2, -0.15) is 0 Å². The van der Waals surface area contributed by atoms with Crippen LogP contribution in [0.5, 0.6) is 0 Å². The van der Waals surface area contributed by atoms with Gasteiger partial charge in [0.1, 0.15) is 0 Å². The number of hydrogen-bond donors (Lipinski definition) is 0. The predicted octanol–water partition coefficient (Wildman–Crippen LogP) is 7.42. The third kappa shape index (κ3) is 6.70. The quantitative estimate of drug-likeness (QED) is 0.276. The van der Waals surface area contributed by atoms with Gasteiger partial charge in [-0.05, 0) is 0 Å². The number of likely N-dealkylation sites (tertiary alicyclic amines) is 1. The average molecular weight is 456 g/mol. The van der Waals surface area contributed by atoms with E-state index in [1.54, 1.807) is 19.7 Å². The Morgan fingerprint density at radius 1 is 0.720 bits per heavy atom. The Labute approximate surface area is 163 Å². The van der Waals surface area contributed by atoms with Gasteiger partial charge in [0, 0.05) is 0 Å². The second-order valence-corrected chi connectivity index (χ2v) is 23.3. The van der Waals surface area contributed by atoms with Gasteiger partial charge in [0.05, 0.1) is 0 Å². The second-order valence-electron chi connectivity index (χ2n) is 9.33. The molecule has 0 spiro atoms. The molecule has 2 fully saturated rings. The average Bonchev–Trinajstić information content (AvgIpc) is 3.11. The van der Waals surface area contributed by atoms with Gasteiger partial charge in [-0.3, -0.25) is 0 Å². The fraction of sp³-hybridized carbons (Fsp3) is 1.00. The van der Waals surface area contributed by atoms with Crippen molar-refractivity contribution in [3.05, 3.63) is 0 Å². The Bertz CT molecular complexity index is 315. The van der Waals surface area contributed by atoms with E-state index in [4.69, 9.17) is 0 Å². The van der Waals surface area contributed by atoms with Crippen LogP contribution in [0.4, 0.5) is 0 Å². The van der Waals surface area contributed by atoms with Crippen molar-refractivity contribution in [3.8, 4) is 0 Å². The summed E-state index contributed by atoms with van der Waals surface area (Å²) in [6.07, 6.45) is 19.6. The molecular weight excluding hydrogens is 409 g/mol. The van der Waals surface area contributed by atoms with Gasteiger partial charge in [-0.25, -0.2) is 0 Å². The molecule has 0 aromatic rings. The van der Waals surface area contributed by atoms with Crippen LogP contribution in [-0.4, -0.2) is 40.4 Å². The van der Waals surface area contributed by atoms with Crippen LogP contribution in [0.1, 0.15) is 104 Å². The molecule has 0 aromatic heterocycles. The van der Waals surface area contributed by atoms with E-state index in [0.29, 0.717) is 0 Å². The molecule has 1 saturated heterocycles. The van der Waals surface area contributed by atoms with Crippen molar-refractivity contribution in [3.63, 3.8) is 0 Å². The molecule has 1 saturated carbocycles. The molecule has 1 aliphatic carbocycles. The zero-order chi connectivity index (χ0) is 18.0. The van der Waals surface area contributed by atoms with Crippen molar-refractivity contribution in [2.24, 2.45) is 5.92 Å². The van der Waals surface area contributed by atoms with E-state index >= 15 is 0 Å². The first-order valence-corrected chi connectivity index (χ1v) is 19.7. The number of hydrogen-bond acceptors (Lipinski definition) is 1. The van der Waals surface area contributed by atoms with Crippen molar-refractivity contribution in [1.82, 2.24) is 4.90 Å². The van der Waals surface area contributed by atoms with Crippen LogP contribution in [0.3, 0.4) is 0 Å². The van der Waals surface area contributed by atoms with Crippen LogP contribution < -0.4 is 0 Å². The van der Waals surface area contributed by atoms with Gasteiger partial charge >= 0.3 is 164 Å². The van der Waals surface area contributed by atoms with E-state index in [2.05, 4.69) is 25.7 Å². The van der Waals surface area contributed by atoms with E-state index < -0.39 is 18.4 Å². The number of unbranched alkanes of at least 4 members (excludes halogenated alkanes) is 3. The molecule has 2 heteroatoms. The van der Waals surface area contributed by atoms with Gasteiger partial charge in [-0.1, -0.05) is 0 Å². The first kappa shape index (κ1) is 22.1. The maximum atomic E-state index is 3.09. The monoisotopic (exact) mass is 457 g/mol. The van der Waals surface area contributed by atoms with E-state index in [1.807, 2.05) is 0 Å². The van der Waals surface area contributed by atoms with E-state index in [9.17, 15) is 0 Å².